The molecule has 0 bridgehead atoms. The van der Waals surface area contributed by atoms with Gasteiger partial charge in [0.15, 0.2) is 5.03 Å². The third kappa shape index (κ3) is 4.77. The minimum Gasteiger partial charge on any atom is -0.384 e. The summed E-state index contributed by atoms with van der Waals surface area (Å²) in [5.41, 5.74) is 6.39. The van der Waals surface area contributed by atoms with E-state index in [2.05, 4.69) is 46.4 Å². The highest BCUT2D eigenvalue weighted by Crippen LogP contribution is 2.37. The molecule has 1 aliphatic heterocycles. The summed E-state index contributed by atoms with van der Waals surface area (Å²) in [5, 5.41) is -0.305. The monoisotopic (exact) mass is 455 g/mol. The van der Waals surface area contributed by atoms with Crippen LogP contribution in [0.5, 0.6) is 0 Å². The maximum atomic E-state index is 13.3. The van der Waals surface area contributed by atoms with Crippen LogP contribution < -0.4 is 15.4 Å². The van der Waals surface area contributed by atoms with Gasteiger partial charge in [0.05, 0.1) is 5.56 Å². The van der Waals surface area contributed by atoms with Gasteiger partial charge in [-0.15, -0.1) is 0 Å². The molecular formula is C23H29N5O3S. The van der Waals surface area contributed by atoms with Crippen LogP contribution in [0.2, 0.25) is 0 Å². The second-order valence-corrected chi connectivity index (χ2v) is 11.0. The van der Waals surface area contributed by atoms with E-state index in [1.54, 1.807) is 12.3 Å². The van der Waals surface area contributed by atoms with E-state index < -0.39 is 15.9 Å². The number of aromatic nitrogens is 2. The number of nitrogens with one attached hydrogen (secondary N) is 1. The zero-order valence-electron chi connectivity index (χ0n) is 18.6. The number of hydrogen-bond donors (Lipinski definition) is 2. The molecule has 2 aromatic rings. The molecule has 2 aliphatic rings. The molecule has 170 valence electrons. The van der Waals surface area contributed by atoms with Gasteiger partial charge in [0.1, 0.15) is 11.6 Å². The summed E-state index contributed by atoms with van der Waals surface area (Å²) >= 11 is 0. The molecular weight excluding hydrogens is 426 g/mol. The van der Waals surface area contributed by atoms with Crippen LogP contribution in [0.1, 0.15) is 56.0 Å². The summed E-state index contributed by atoms with van der Waals surface area (Å²) in [6.45, 7) is 7.10. The van der Waals surface area contributed by atoms with Crippen LogP contribution in [0.4, 0.5) is 11.6 Å². The number of anilines is 2. The molecule has 4 rings (SSSR count). The Morgan fingerprint density at radius 3 is 2.69 bits per heavy atom. The number of nitrogens with zero attached hydrogens (tertiary/aromatic N) is 3. The van der Waals surface area contributed by atoms with Gasteiger partial charge in [0.2, 0.25) is 0 Å². The van der Waals surface area contributed by atoms with Gasteiger partial charge in [-0.05, 0) is 68.7 Å². The van der Waals surface area contributed by atoms with Crippen molar-refractivity contribution < 1.29 is 13.2 Å². The number of carbonyl (C=O) groups excluding carboxylic acids is 1. The third-order valence-corrected chi connectivity index (χ3v) is 7.12. The smallest absolute Gasteiger partial charge is 0.281 e. The average molecular weight is 456 g/mol. The van der Waals surface area contributed by atoms with Gasteiger partial charge in [-0.3, -0.25) is 4.79 Å². The predicted octanol–water partition coefficient (Wildman–Crippen LogP) is 3.23. The fourth-order valence-corrected chi connectivity index (χ4v) is 5.19. The third-order valence-electron chi connectivity index (χ3n) is 5.89. The molecule has 1 saturated carbocycles. The number of pyridine rings is 2. The Hall–Kier alpha value is -2.94. The highest BCUT2D eigenvalue weighted by atomic mass is 32.2. The molecule has 0 spiro atoms. The Labute approximate surface area is 189 Å². The van der Waals surface area contributed by atoms with E-state index in [0.29, 0.717) is 17.7 Å². The normalized spacial score (nSPS) is 20.6. The molecule has 1 atom stereocenters. The van der Waals surface area contributed by atoms with Gasteiger partial charge in [0, 0.05) is 18.3 Å². The first-order chi connectivity index (χ1) is 15.0. The summed E-state index contributed by atoms with van der Waals surface area (Å²) in [6.07, 6.45) is 9.06. The van der Waals surface area contributed by atoms with Gasteiger partial charge in [0.25, 0.3) is 15.9 Å². The molecule has 8 nitrogen and oxygen atoms in total. The molecule has 1 amide bonds. The first kappa shape index (κ1) is 22.3. The number of rotatable bonds is 6. The zero-order valence-corrected chi connectivity index (χ0v) is 19.4. The Bertz CT molecular complexity index is 1170. The zero-order chi connectivity index (χ0) is 23.1. The van der Waals surface area contributed by atoms with E-state index in [-0.39, 0.29) is 21.9 Å². The molecule has 2 fully saturated rings. The largest absolute Gasteiger partial charge is 0.384 e. The van der Waals surface area contributed by atoms with Gasteiger partial charge in [-0.25, -0.2) is 14.7 Å². The lowest BCUT2D eigenvalue weighted by molar-refractivity contribution is 0.0981. The number of amides is 1. The van der Waals surface area contributed by atoms with Crippen LogP contribution in [-0.2, 0) is 10.0 Å². The van der Waals surface area contributed by atoms with Crippen LogP contribution in [0, 0.1) is 11.8 Å². The molecule has 3 heterocycles. The number of nitrogen functional groups attached to an aromatic ring is 1. The van der Waals surface area contributed by atoms with Crippen molar-refractivity contribution >= 4 is 33.6 Å². The van der Waals surface area contributed by atoms with Crippen molar-refractivity contribution in [2.75, 3.05) is 17.2 Å². The van der Waals surface area contributed by atoms with Crippen molar-refractivity contribution in [1.29, 1.82) is 0 Å². The number of carbonyl (C=O) groups is 1. The highest BCUT2D eigenvalue weighted by molar-refractivity contribution is 7.90. The van der Waals surface area contributed by atoms with Crippen molar-refractivity contribution in [2.24, 2.45) is 11.8 Å². The van der Waals surface area contributed by atoms with Crippen LogP contribution in [0.3, 0.4) is 0 Å². The summed E-state index contributed by atoms with van der Waals surface area (Å²) in [5.74, 6) is 0.797. The Kier molecular flexibility index (Phi) is 5.70. The number of sulfonamides is 1. The first-order valence-electron chi connectivity index (χ1n) is 10.8. The number of hydrogen-bond acceptors (Lipinski definition) is 7. The molecule has 1 saturated heterocycles. The molecule has 9 heteroatoms. The van der Waals surface area contributed by atoms with E-state index in [4.69, 9.17) is 5.73 Å². The molecule has 1 aliphatic carbocycles. The number of nitrogens with two attached hydrogens (primary N) is 1. The van der Waals surface area contributed by atoms with Gasteiger partial charge in [-0.2, -0.15) is 8.42 Å². The van der Waals surface area contributed by atoms with Crippen LogP contribution >= 0.6 is 0 Å². The van der Waals surface area contributed by atoms with Crippen molar-refractivity contribution in [1.82, 2.24) is 14.7 Å². The molecule has 2 aromatic heterocycles. The lowest BCUT2D eigenvalue weighted by atomic mass is 9.97. The van der Waals surface area contributed by atoms with Gasteiger partial charge < -0.3 is 10.6 Å². The fraction of sp³-hybridized carbons (Fsp3) is 0.435. The van der Waals surface area contributed by atoms with Crippen LogP contribution in [-0.4, -0.2) is 36.4 Å². The van der Waals surface area contributed by atoms with E-state index >= 15 is 0 Å². The van der Waals surface area contributed by atoms with Crippen molar-refractivity contribution in [3.63, 3.8) is 0 Å². The van der Waals surface area contributed by atoms with E-state index in [0.717, 1.165) is 18.5 Å². The summed E-state index contributed by atoms with van der Waals surface area (Å²) in [4.78, 5) is 23.8. The van der Waals surface area contributed by atoms with E-state index in [9.17, 15) is 13.2 Å². The first-order valence-corrected chi connectivity index (χ1v) is 12.3. The van der Waals surface area contributed by atoms with Crippen LogP contribution in [0.15, 0.2) is 41.6 Å². The fourth-order valence-electron chi connectivity index (χ4n) is 4.25. The Balaban J connectivity index is 1.71. The van der Waals surface area contributed by atoms with E-state index in [1.165, 1.54) is 31.0 Å². The van der Waals surface area contributed by atoms with E-state index in [1.807, 2.05) is 6.08 Å². The van der Waals surface area contributed by atoms with Crippen LogP contribution in [0.25, 0.3) is 6.08 Å². The number of allylic oxidation sites excluding steroid dienone is 1. The summed E-state index contributed by atoms with van der Waals surface area (Å²) in [6, 6.07) is 5.96. The lowest BCUT2D eigenvalue weighted by Crippen LogP contribution is -2.41. The molecule has 0 aromatic carbocycles. The summed E-state index contributed by atoms with van der Waals surface area (Å²) < 4.78 is 27.7. The molecule has 0 radical (unpaired) electrons. The standard InChI is InChI=1S/C23H29N5O3S/c1-15-12-23(2,3)28(14-15)21-18(11-17(13-25-21)10-9-16-7-8-16)22(29)27-32(30,31)20-6-4-5-19(24)26-20/h4-6,9-11,13,15-16H,7-8,12,14H2,1-3H3,(H2,24,26)(H,27,29)/b10-9+. The average Bonchev–Trinajstić information content (AvgIpc) is 3.49. The predicted molar refractivity (Wildman–Crippen MR) is 125 cm³/mol. The Morgan fingerprint density at radius 2 is 2.06 bits per heavy atom. The lowest BCUT2D eigenvalue weighted by Gasteiger charge is -2.33. The minimum absolute atomic E-state index is 0.0581. The highest BCUT2D eigenvalue weighted by Gasteiger charge is 2.39. The van der Waals surface area contributed by atoms with Crippen molar-refractivity contribution in [3.05, 3.63) is 47.7 Å². The maximum absolute atomic E-state index is 13.3. The van der Waals surface area contributed by atoms with Gasteiger partial charge >= 0.3 is 0 Å². The quantitative estimate of drug-likeness (QED) is 0.686. The van der Waals surface area contributed by atoms with Crippen molar-refractivity contribution in [3.8, 4) is 0 Å². The summed E-state index contributed by atoms with van der Waals surface area (Å²) in [7, 11) is -4.19. The Morgan fingerprint density at radius 1 is 1.31 bits per heavy atom. The second kappa shape index (κ2) is 8.20. The van der Waals surface area contributed by atoms with Gasteiger partial charge in [-0.1, -0.05) is 25.1 Å². The second-order valence-electron chi connectivity index (χ2n) is 9.40. The topological polar surface area (TPSA) is 118 Å². The maximum Gasteiger partial charge on any atom is 0.281 e. The molecule has 32 heavy (non-hydrogen) atoms. The molecule has 1 unspecified atom stereocenters. The molecule has 3 N–H and O–H groups in total. The minimum atomic E-state index is -4.19. The van der Waals surface area contributed by atoms with Crippen molar-refractivity contribution in [2.45, 2.75) is 50.6 Å². The SMILES string of the molecule is CC1CN(c2ncc(/C=C/C3CC3)cc2C(=O)NS(=O)(=O)c2cccc(N)n2)C(C)(C)C1.